The number of benzene rings is 1. The maximum Gasteiger partial charge on any atom is 0.190 e. The van der Waals surface area contributed by atoms with E-state index in [0.717, 1.165) is 56.4 Å². The van der Waals surface area contributed by atoms with Crippen molar-refractivity contribution in [3.8, 4) is 11.5 Å². The van der Waals surface area contributed by atoms with Crippen molar-refractivity contribution in [3.05, 3.63) is 42.2 Å². The van der Waals surface area contributed by atoms with Crippen LogP contribution in [0.5, 0.6) is 11.5 Å². The van der Waals surface area contributed by atoms with E-state index in [9.17, 15) is 0 Å². The van der Waals surface area contributed by atoms with Crippen molar-refractivity contribution >= 4 is 5.96 Å². The number of nitrogens with one attached hydrogen (secondary N) is 2. The van der Waals surface area contributed by atoms with Crippen LogP contribution in [0.15, 0.2) is 41.7 Å². The number of guanidine groups is 1. The molecule has 0 atom stereocenters. The third-order valence-corrected chi connectivity index (χ3v) is 4.10. The Labute approximate surface area is 161 Å². The molecule has 2 N–H and O–H groups in total. The summed E-state index contributed by atoms with van der Waals surface area (Å²) in [7, 11) is 3.45. The van der Waals surface area contributed by atoms with Gasteiger partial charge in [0.25, 0.3) is 0 Å². The van der Waals surface area contributed by atoms with Gasteiger partial charge < -0.3 is 20.1 Å². The lowest BCUT2D eigenvalue weighted by Gasteiger charge is -2.13. The number of hydrogen-bond donors (Lipinski definition) is 2. The Kier molecular flexibility index (Phi) is 9.03. The number of aromatic nitrogens is 2. The molecule has 2 rings (SSSR count). The van der Waals surface area contributed by atoms with Crippen molar-refractivity contribution in [2.45, 2.75) is 32.7 Å². The van der Waals surface area contributed by atoms with Crippen LogP contribution in [0.3, 0.4) is 0 Å². The van der Waals surface area contributed by atoms with Crippen LogP contribution < -0.4 is 20.1 Å². The average Bonchev–Trinajstić information content (AvgIpc) is 3.20. The van der Waals surface area contributed by atoms with Crippen LogP contribution in [-0.2, 0) is 13.0 Å². The van der Waals surface area contributed by atoms with E-state index in [1.54, 1.807) is 20.4 Å². The predicted octanol–water partition coefficient (Wildman–Crippen LogP) is 2.48. The van der Waals surface area contributed by atoms with Crippen molar-refractivity contribution in [2.75, 3.05) is 33.9 Å². The highest BCUT2D eigenvalue weighted by atomic mass is 16.5. The summed E-state index contributed by atoms with van der Waals surface area (Å²) in [5.41, 5.74) is 1.24. The van der Waals surface area contributed by atoms with Gasteiger partial charge in [-0.25, -0.2) is 0 Å². The summed E-state index contributed by atoms with van der Waals surface area (Å²) in [4.78, 5) is 4.26. The Morgan fingerprint density at radius 1 is 1.19 bits per heavy atom. The fourth-order valence-electron chi connectivity index (χ4n) is 2.75. The SMILES string of the molecule is CCOc1cc(CCCNC(=NC)NCCCn2cccn2)ccc1OC. The van der Waals surface area contributed by atoms with Crippen LogP contribution in [0.4, 0.5) is 0 Å². The Morgan fingerprint density at radius 2 is 2.00 bits per heavy atom. The van der Waals surface area contributed by atoms with Crippen molar-refractivity contribution in [2.24, 2.45) is 4.99 Å². The zero-order chi connectivity index (χ0) is 19.3. The number of aryl methyl sites for hydroxylation is 2. The molecular formula is C20H31N5O2. The molecule has 148 valence electrons. The van der Waals surface area contributed by atoms with Crippen LogP contribution in [0.1, 0.15) is 25.3 Å². The molecule has 0 radical (unpaired) electrons. The minimum atomic E-state index is 0.629. The van der Waals surface area contributed by atoms with Gasteiger partial charge in [-0.15, -0.1) is 0 Å². The van der Waals surface area contributed by atoms with Gasteiger partial charge in [-0.05, 0) is 49.9 Å². The highest BCUT2D eigenvalue weighted by molar-refractivity contribution is 5.79. The number of rotatable bonds is 11. The first kappa shape index (κ1) is 20.6. The monoisotopic (exact) mass is 373 g/mol. The molecule has 0 saturated heterocycles. The Balaban J connectivity index is 1.66. The normalized spacial score (nSPS) is 11.3. The van der Waals surface area contributed by atoms with Gasteiger partial charge in [0.1, 0.15) is 0 Å². The highest BCUT2D eigenvalue weighted by Gasteiger charge is 2.05. The van der Waals surface area contributed by atoms with E-state index >= 15 is 0 Å². The lowest BCUT2D eigenvalue weighted by molar-refractivity contribution is 0.310. The molecule has 7 nitrogen and oxygen atoms in total. The molecule has 0 aliphatic carbocycles. The summed E-state index contributed by atoms with van der Waals surface area (Å²) >= 11 is 0. The standard InChI is InChI=1S/C20H31N5O2/c1-4-27-19-16-17(9-10-18(19)26-3)8-5-11-22-20(21-2)23-12-6-14-25-15-7-13-24-25/h7,9-10,13,15-16H,4-6,8,11-12,14H2,1-3H3,(H2,21,22,23). The predicted molar refractivity (Wildman–Crippen MR) is 109 cm³/mol. The molecule has 0 amide bonds. The first-order valence-electron chi connectivity index (χ1n) is 9.48. The third-order valence-electron chi connectivity index (χ3n) is 4.10. The van der Waals surface area contributed by atoms with Gasteiger partial charge in [-0.1, -0.05) is 6.07 Å². The van der Waals surface area contributed by atoms with Crippen LogP contribution in [0.2, 0.25) is 0 Å². The lowest BCUT2D eigenvalue weighted by Crippen LogP contribution is -2.38. The zero-order valence-electron chi connectivity index (χ0n) is 16.6. The molecule has 1 aromatic heterocycles. The fourth-order valence-corrected chi connectivity index (χ4v) is 2.75. The average molecular weight is 374 g/mol. The number of aliphatic imine (C=N–C) groups is 1. The molecule has 0 saturated carbocycles. The second-order valence-electron chi connectivity index (χ2n) is 6.07. The minimum absolute atomic E-state index is 0.629. The van der Waals surface area contributed by atoms with Gasteiger partial charge in [-0.3, -0.25) is 9.67 Å². The van der Waals surface area contributed by atoms with Crippen molar-refractivity contribution in [1.29, 1.82) is 0 Å². The molecule has 1 heterocycles. The van der Waals surface area contributed by atoms with Crippen molar-refractivity contribution in [1.82, 2.24) is 20.4 Å². The Hall–Kier alpha value is -2.70. The van der Waals surface area contributed by atoms with Gasteiger partial charge in [0.2, 0.25) is 0 Å². The van der Waals surface area contributed by atoms with E-state index in [4.69, 9.17) is 9.47 Å². The van der Waals surface area contributed by atoms with Crippen LogP contribution in [0, 0.1) is 0 Å². The molecule has 0 bridgehead atoms. The summed E-state index contributed by atoms with van der Waals surface area (Å²) < 4.78 is 12.9. The number of ether oxygens (including phenoxy) is 2. The fraction of sp³-hybridized carbons (Fsp3) is 0.500. The number of nitrogens with zero attached hydrogens (tertiary/aromatic N) is 3. The van der Waals surface area contributed by atoms with Crippen LogP contribution >= 0.6 is 0 Å². The van der Waals surface area contributed by atoms with E-state index in [1.807, 2.05) is 29.9 Å². The largest absolute Gasteiger partial charge is 0.493 e. The first-order chi connectivity index (χ1) is 13.3. The molecule has 2 aromatic rings. The maximum atomic E-state index is 5.64. The van der Waals surface area contributed by atoms with Crippen LogP contribution in [0.25, 0.3) is 0 Å². The van der Waals surface area contributed by atoms with Gasteiger partial charge in [0.05, 0.1) is 13.7 Å². The van der Waals surface area contributed by atoms with E-state index < -0.39 is 0 Å². The molecule has 0 aliphatic rings. The summed E-state index contributed by atoms with van der Waals surface area (Å²) in [6.07, 6.45) is 6.74. The summed E-state index contributed by atoms with van der Waals surface area (Å²) in [5, 5.41) is 10.9. The Bertz CT molecular complexity index is 686. The number of methoxy groups -OCH3 is 1. The van der Waals surface area contributed by atoms with Crippen molar-refractivity contribution in [3.63, 3.8) is 0 Å². The second kappa shape index (κ2) is 11.8. The minimum Gasteiger partial charge on any atom is -0.493 e. The molecule has 0 unspecified atom stereocenters. The van der Waals surface area contributed by atoms with Crippen LogP contribution in [-0.4, -0.2) is 49.6 Å². The zero-order valence-corrected chi connectivity index (χ0v) is 16.6. The Morgan fingerprint density at radius 3 is 2.67 bits per heavy atom. The van der Waals surface area contributed by atoms with Crippen molar-refractivity contribution < 1.29 is 9.47 Å². The summed E-state index contributed by atoms with van der Waals surface area (Å²) in [5.74, 6) is 2.42. The van der Waals surface area contributed by atoms with E-state index in [2.05, 4.69) is 32.9 Å². The molecule has 0 aliphatic heterocycles. The highest BCUT2D eigenvalue weighted by Crippen LogP contribution is 2.28. The lowest BCUT2D eigenvalue weighted by atomic mass is 10.1. The topological polar surface area (TPSA) is 72.7 Å². The number of hydrogen-bond acceptors (Lipinski definition) is 4. The molecule has 1 aromatic carbocycles. The van der Waals surface area contributed by atoms with Gasteiger partial charge in [0.15, 0.2) is 17.5 Å². The third kappa shape index (κ3) is 7.21. The molecular weight excluding hydrogens is 342 g/mol. The molecule has 0 spiro atoms. The van der Waals surface area contributed by atoms with Gasteiger partial charge in [-0.2, -0.15) is 5.10 Å². The molecule has 27 heavy (non-hydrogen) atoms. The van der Waals surface area contributed by atoms with E-state index in [1.165, 1.54) is 5.56 Å². The van der Waals surface area contributed by atoms with E-state index in [0.29, 0.717) is 6.61 Å². The summed E-state index contributed by atoms with van der Waals surface area (Å²) in [6.45, 7) is 5.22. The molecule has 7 heteroatoms. The smallest absolute Gasteiger partial charge is 0.190 e. The van der Waals surface area contributed by atoms with E-state index in [-0.39, 0.29) is 0 Å². The second-order valence-corrected chi connectivity index (χ2v) is 6.07. The maximum absolute atomic E-state index is 5.64. The summed E-state index contributed by atoms with van der Waals surface area (Å²) in [6, 6.07) is 8.05. The first-order valence-corrected chi connectivity index (χ1v) is 9.48. The van der Waals surface area contributed by atoms with Gasteiger partial charge in [0, 0.05) is 39.1 Å². The quantitative estimate of drug-likeness (QED) is 0.360. The molecule has 0 fully saturated rings. The van der Waals surface area contributed by atoms with Gasteiger partial charge >= 0.3 is 0 Å².